The first-order valence-electron chi connectivity index (χ1n) is 7.45. The van der Waals surface area contributed by atoms with Crippen molar-refractivity contribution in [2.75, 3.05) is 20.2 Å². The first-order chi connectivity index (χ1) is 9.81. The maximum absolute atomic E-state index is 5.61. The lowest BCUT2D eigenvalue weighted by Crippen LogP contribution is -2.38. The van der Waals surface area contributed by atoms with Gasteiger partial charge in [0.1, 0.15) is 0 Å². The monoisotopic (exact) mass is 295 g/mol. The van der Waals surface area contributed by atoms with Gasteiger partial charge in [0.05, 0.1) is 12.6 Å². The molecule has 1 aliphatic heterocycles. The Bertz CT molecular complexity index is 425. The van der Waals surface area contributed by atoms with E-state index in [1.54, 1.807) is 0 Å². The fraction of sp³-hybridized carbons (Fsp3) is 0.667. The van der Waals surface area contributed by atoms with E-state index >= 15 is 0 Å². The molecular weight excluding hydrogens is 270 g/mol. The SMILES string of the molecule is CCc1ccc(CNC(=NC)NCCC2CCCO2)s1. The number of nitrogens with one attached hydrogen (secondary N) is 2. The van der Waals surface area contributed by atoms with Gasteiger partial charge in [-0.15, -0.1) is 11.3 Å². The van der Waals surface area contributed by atoms with Gasteiger partial charge in [0.15, 0.2) is 5.96 Å². The maximum atomic E-state index is 5.61. The largest absolute Gasteiger partial charge is 0.378 e. The standard InChI is InChI=1S/C15H25N3OS/c1-3-13-6-7-14(20-13)11-18-15(16-2)17-9-8-12-5-4-10-19-12/h6-7,12H,3-5,8-11H2,1-2H3,(H2,16,17,18). The van der Waals surface area contributed by atoms with E-state index in [9.17, 15) is 0 Å². The van der Waals surface area contributed by atoms with Crippen molar-refractivity contribution < 1.29 is 4.74 Å². The summed E-state index contributed by atoms with van der Waals surface area (Å²) in [6, 6.07) is 4.39. The quantitative estimate of drug-likeness (QED) is 0.626. The molecule has 1 fully saturated rings. The molecule has 0 bridgehead atoms. The Hall–Kier alpha value is -1.07. The Labute approximate surface area is 125 Å². The summed E-state index contributed by atoms with van der Waals surface area (Å²) in [4.78, 5) is 7.04. The van der Waals surface area contributed by atoms with Crippen LogP contribution in [0.1, 0.15) is 35.9 Å². The maximum Gasteiger partial charge on any atom is 0.191 e. The van der Waals surface area contributed by atoms with E-state index < -0.39 is 0 Å². The van der Waals surface area contributed by atoms with Crippen molar-refractivity contribution >= 4 is 17.3 Å². The highest BCUT2D eigenvalue weighted by Gasteiger charge is 2.14. The molecule has 1 unspecified atom stereocenters. The minimum Gasteiger partial charge on any atom is -0.378 e. The molecule has 0 saturated carbocycles. The molecule has 2 rings (SSSR count). The first-order valence-corrected chi connectivity index (χ1v) is 8.27. The molecule has 2 heterocycles. The van der Waals surface area contributed by atoms with Crippen LogP contribution in [-0.2, 0) is 17.7 Å². The lowest BCUT2D eigenvalue weighted by Gasteiger charge is -2.13. The highest BCUT2D eigenvalue weighted by Crippen LogP contribution is 2.16. The van der Waals surface area contributed by atoms with Crippen molar-refractivity contribution in [2.24, 2.45) is 4.99 Å². The fourth-order valence-electron chi connectivity index (χ4n) is 2.32. The van der Waals surface area contributed by atoms with E-state index in [2.05, 4.69) is 34.7 Å². The van der Waals surface area contributed by atoms with Gasteiger partial charge in [-0.25, -0.2) is 0 Å². The zero-order valence-corrected chi connectivity index (χ0v) is 13.3. The van der Waals surface area contributed by atoms with E-state index in [-0.39, 0.29) is 0 Å². The molecule has 1 saturated heterocycles. The third-order valence-corrected chi connectivity index (χ3v) is 4.73. The molecule has 1 aromatic rings. The van der Waals surface area contributed by atoms with Crippen LogP contribution in [0, 0.1) is 0 Å². The number of nitrogens with zero attached hydrogens (tertiary/aromatic N) is 1. The number of hydrogen-bond donors (Lipinski definition) is 2. The molecule has 0 radical (unpaired) electrons. The summed E-state index contributed by atoms with van der Waals surface area (Å²) in [6.45, 7) is 4.86. The molecule has 4 nitrogen and oxygen atoms in total. The van der Waals surface area contributed by atoms with Gasteiger partial charge in [0, 0.05) is 30.0 Å². The molecule has 0 aliphatic carbocycles. The first kappa shape index (κ1) is 15.3. The summed E-state index contributed by atoms with van der Waals surface area (Å²) < 4.78 is 5.61. The Morgan fingerprint density at radius 2 is 2.25 bits per heavy atom. The van der Waals surface area contributed by atoms with Crippen LogP contribution in [0.5, 0.6) is 0 Å². The highest BCUT2D eigenvalue weighted by atomic mass is 32.1. The van der Waals surface area contributed by atoms with Crippen LogP contribution in [-0.4, -0.2) is 32.3 Å². The summed E-state index contributed by atoms with van der Waals surface area (Å²) in [5.41, 5.74) is 0. The van der Waals surface area contributed by atoms with Crippen molar-refractivity contribution in [3.8, 4) is 0 Å². The zero-order chi connectivity index (χ0) is 14.2. The second kappa shape index (κ2) is 8.27. The summed E-state index contributed by atoms with van der Waals surface area (Å²) in [5.74, 6) is 0.870. The molecule has 1 aliphatic rings. The van der Waals surface area contributed by atoms with Crippen LogP contribution >= 0.6 is 11.3 Å². The Morgan fingerprint density at radius 1 is 1.40 bits per heavy atom. The van der Waals surface area contributed by atoms with Gasteiger partial charge in [-0.2, -0.15) is 0 Å². The minimum atomic E-state index is 0.435. The van der Waals surface area contributed by atoms with E-state index in [4.69, 9.17) is 4.74 Å². The van der Waals surface area contributed by atoms with Gasteiger partial charge in [0.2, 0.25) is 0 Å². The molecular formula is C15H25N3OS. The van der Waals surface area contributed by atoms with Crippen molar-refractivity contribution in [2.45, 2.75) is 45.3 Å². The molecule has 1 atom stereocenters. The number of aliphatic imine (C=N–C) groups is 1. The van der Waals surface area contributed by atoms with Gasteiger partial charge in [-0.1, -0.05) is 6.92 Å². The minimum absolute atomic E-state index is 0.435. The highest BCUT2D eigenvalue weighted by molar-refractivity contribution is 7.11. The number of guanidine groups is 1. The van der Waals surface area contributed by atoms with E-state index in [1.165, 1.54) is 22.6 Å². The smallest absolute Gasteiger partial charge is 0.191 e. The van der Waals surface area contributed by atoms with Crippen LogP contribution in [0.25, 0.3) is 0 Å². The normalized spacial score (nSPS) is 19.3. The number of ether oxygens (including phenoxy) is 1. The van der Waals surface area contributed by atoms with Crippen molar-refractivity contribution in [3.05, 3.63) is 21.9 Å². The second-order valence-corrected chi connectivity index (χ2v) is 6.25. The lowest BCUT2D eigenvalue weighted by atomic mass is 10.2. The van der Waals surface area contributed by atoms with Crippen LogP contribution in [0.4, 0.5) is 0 Å². The van der Waals surface area contributed by atoms with Gasteiger partial charge in [-0.3, -0.25) is 4.99 Å². The van der Waals surface area contributed by atoms with Gasteiger partial charge in [-0.05, 0) is 37.8 Å². The fourth-order valence-corrected chi connectivity index (χ4v) is 3.22. The molecule has 112 valence electrons. The molecule has 0 amide bonds. The van der Waals surface area contributed by atoms with Crippen molar-refractivity contribution in [1.82, 2.24) is 10.6 Å². The molecule has 0 spiro atoms. The predicted octanol–water partition coefficient (Wildman–Crippen LogP) is 2.54. The summed E-state index contributed by atoms with van der Waals surface area (Å²) in [7, 11) is 1.81. The van der Waals surface area contributed by atoms with Gasteiger partial charge >= 0.3 is 0 Å². The average molecular weight is 295 g/mol. The van der Waals surface area contributed by atoms with E-state index in [0.717, 1.165) is 38.5 Å². The van der Waals surface area contributed by atoms with Crippen molar-refractivity contribution in [1.29, 1.82) is 0 Å². The van der Waals surface area contributed by atoms with E-state index in [1.807, 2.05) is 18.4 Å². The second-order valence-electron chi connectivity index (χ2n) is 5.00. The Balaban J connectivity index is 1.66. The summed E-state index contributed by atoms with van der Waals surface area (Å²) in [5, 5.41) is 6.71. The van der Waals surface area contributed by atoms with Crippen LogP contribution < -0.4 is 10.6 Å². The zero-order valence-electron chi connectivity index (χ0n) is 12.4. The lowest BCUT2D eigenvalue weighted by molar-refractivity contribution is 0.105. The van der Waals surface area contributed by atoms with E-state index in [0.29, 0.717) is 6.10 Å². The van der Waals surface area contributed by atoms with Crippen molar-refractivity contribution in [3.63, 3.8) is 0 Å². The molecule has 2 N–H and O–H groups in total. The summed E-state index contributed by atoms with van der Waals surface area (Å²) >= 11 is 1.86. The average Bonchev–Trinajstić information content (AvgIpc) is 3.13. The number of aryl methyl sites for hydroxylation is 1. The molecule has 1 aromatic heterocycles. The predicted molar refractivity (Wildman–Crippen MR) is 85.5 cm³/mol. The van der Waals surface area contributed by atoms with Crippen LogP contribution in [0.2, 0.25) is 0 Å². The number of hydrogen-bond acceptors (Lipinski definition) is 3. The third-order valence-electron chi connectivity index (χ3n) is 3.50. The van der Waals surface area contributed by atoms with Crippen LogP contribution in [0.3, 0.4) is 0 Å². The van der Waals surface area contributed by atoms with Gasteiger partial charge in [0.25, 0.3) is 0 Å². The Kier molecular flexibility index (Phi) is 6.33. The topological polar surface area (TPSA) is 45.7 Å². The third kappa shape index (κ3) is 4.80. The number of rotatable bonds is 6. The Morgan fingerprint density at radius 3 is 2.90 bits per heavy atom. The van der Waals surface area contributed by atoms with Gasteiger partial charge < -0.3 is 15.4 Å². The molecule has 5 heteroatoms. The van der Waals surface area contributed by atoms with Crippen LogP contribution in [0.15, 0.2) is 17.1 Å². The number of thiophene rings is 1. The molecule has 0 aromatic carbocycles. The summed E-state index contributed by atoms with van der Waals surface area (Å²) in [6.07, 6.45) is 5.00. The molecule has 20 heavy (non-hydrogen) atoms.